The molecule has 2 saturated heterocycles. The predicted octanol–water partition coefficient (Wildman–Crippen LogP) is 3.20. The Balaban J connectivity index is 1.44. The summed E-state index contributed by atoms with van der Waals surface area (Å²) in [5.41, 5.74) is 0.893. The van der Waals surface area contributed by atoms with Gasteiger partial charge >= 0.3 is 0 Å². The Morgan fingerprint density at radius 3 is 2.39 bits per heavy atom. The maximum Gasteiger partial charge on any atom is 0.254 e. The molecule has 5 nitrogen and oxygen atoms in total. The quantitative estimate of drug-likeness (QED) is 0.823. The number of nitrogens with zero attached hydrogens (tertiary/aromatic N) is 2. The maximum atomic E-state index is 13.6. The van der Waals surface area contributed by atoms with Crippen molar-refractivity contribution in [3.8, 4) is 0 Å². The first-order valence-electron chi connectivity index (χ1n) is 11.1. The van der Waals surface area contributed by atoms with Crippen molar-refractivity contribution in [2.24, 2.45) is 5.92 Å². The van der Waals surface area contributed by atoms with Crippen molar-refractivity contribution in [3.63, 3.8) is 0 Å². The average molecular weight is 423 g/mol. The normalized spacial score (nSPS) is 24.7. The lowest BCUT2D eigenvalue weighted by Gasteiger charge is -2.70. The zero-order valence-corrected chi connectivity index (χ0v) is 17.4. The van der Waals surface area contributed by atoms with Gasteiger partial charge in [-0.15, -0.1) is 0 Å². The van der Waals surface area contributed by atoms with Gasteiger partial charge in [-0.05, 0) is 36.6 Å². The standard InChI is InChI=1S/C25H27FN2O3/c26-20-12-6-11-19(13-20)23(30)27-15-25(16-27)22(17-7-2-1-3-8-17)21(14-29)28(25)24(31)18-9-4-5-10-18/h1-3,6-8,11-13,18,21-22,29H,4-5,9-10,14-16H2/t21-,22-/m0/s1. The van der Waals surface area contributed by atoms with Crippen LogP contribution in [0.15, 0.2) is 54.6 Å². The summed E-state index contributed by atoms with van der Waals surface area (Å²) in [7, 11) is 0. The molecule has 6 heteroatoms. The van der Waals surface area contributed by atoms with Gasteiger partial charge in [0.25, 0.3) is 5.91 Å². The molecular formula is C25H27FN2O3. The van der Waals surface area contributed by atoms with Gasteiger partial charge in [0.2, 0.25) is 5.91 Å². The fourth-order valence-electron chi connectivity index (χ4n) is 5.95. The summed E-state index contributed by atoms with van der Waals surface area (Å²) in [6, 6.07) is 15.4. The number of amides is 2. The second-order valence-corrected chi connectivity index (χ2v) is 9.10. The second-order valence-electron chi connectivity index (χ2n) is 9.10. The second kappa shape index (κ2) is 7.75. The summed E-state index contributed by atoms with van der Waals surface area (Å²) in [6.45, 7) is 0.700. The number of aliphatic hydroxyl groups excluding tert-OH is 1. The molecule has 31 heavy (non-hydrogen) atoms. The number of carbonyl (C=O) groups is 2. The molecule has 2 aromatic carbocycles. The zero-order chi connectivity index (χ0) is 21.6. The van der Waals surface area contributed by atoms with Crippen molar-refractivity contribution >= 4 is 11.8 Å². The average Bonchev–Trinajstić information content (AvgIpc) is 3.28. The van der Waals surface area contributed by atoms with Crippen LogP contribution in [0.3, 0.4) is 0 Å². The summed E-state index contributed by atoms with van der Waals surface area (Å²) in [4.78, 5) is 29.9. The number of aliphatic hydroxyl groups is 1. The molecular weight excluding hydrogens is 395 g/mol. The fraction of sp³-hybridized carbons (Fsp3) is 0.440. The highest BCUT2D eigenvalue weighted by molar-refractivity contribution is 5.95. The Morgan fingerprint density at radius 1 is 1.03 bits per heavy atom. The van der Waals surface area contributed by atoms with Gasteiger partial charge in [0, 0.05) is 30.5 Å². The van der Waals surface area contributed by atoms with Crippen LogP contribution in [-0.2, 0) is 4.79 Å². The third kappa shape index (κ3) is 3.16. The van der Waals surface area contributed by atoms with Gasteiger partial charge in [0.05, 0.1) is 18.2 Å². The first-order valence-corrected chi connectivity index (χ1v) is 11.1. The van der Waals surface area contributed by atoms with Crippen LogP contribution in [-0.4, -0.2) is 58.0 Å². The lowest BCUT2D eigenvalue weighted by molar-refractivity contribution is -0.197. The highest BCUT2D eigenvalue weighted by atomic mass is 19.1. The smallest absolute Gasteiger partial charge is 0.254 e. The van der Waals surface area contributed by atoms with E-state index in [0.717, 1.165) is 31.2 Å². The van der Waals surface area contributed by atoms with Crippen LogP contribution >= 0.6 is 0 Å². The number of benzene rings is 2. The van der Waals surface area contributed by atoms with Crippen molar-refractivity contribution < 1.29 is 19.1 Å². The van der Waals surface area contributed by atoms with E-state index in [1.807, 2.05) is 35.2 Å². The van der Waals surface area contributed by atoms with Crippen LogP contribution in [0.25, 0.3) is 0 Å². The maximum absolute atomic E-state index is 13.6. The van der Waals surface area contributed by atoms with Crippen molar-refractivity contribution in [1.29, 1.82) is 0 Å². The molecule has 3 aliphatic rings. The molecule has 0 aromatic heterocycles. The molecule has 5 rings (SSSR count). The third-order valence-corrected chi connectivity index (χ3v) is 7.35. The van der Waals surface area contributed by atoms with E-state index in [2.05, 4.69) is 0 Å². The molecule has 3 fully saturated rings. The molecule has 0 unspecified atom stereocenters. The van der Waals surface area contributed by atoms with Gasteiger partial charge in [-0.25, -0.2) is 4.39 Å². The van der Waals surface area contributed by atoms with E-state index in [9.17, 15) is 19.1 Å². The Bertz CT molecular complexity index is 983. The number of rotatable bonds is 4. The Labute approximate surface area is 181 Å². The van der Waals surface area contributed by atoms with E-state index >= 15 is 0 Å². The molecule has 1 aliphatic carbocycles. The Hall–Kier alpha value is -2.73. The molecule has 2 aromatic rings. The first-order chi connectivity index (χ1) is 15.0. The van der Waals surface area contributed by atoms with Crippen LogP contribution < -0.4 is 0 Å². The van der Waals surface area contributed by atoms with E-state index < -0.39 is 11.4 Å². The Morgan fingerprint density at radius 2 is 1.74 bits per heavy atom. The molecule has 1 spiro atoms. The molecule has 2 amide bonds. The summed E-state index contributed by atoms with van der Waals surface area (Å²) in [6.07, 6.45) is 3.91. The fourth-order valence-corrected chi connectivity index (χ4v) is 5.95. The number of carbonyl (C=O) groups excluding carboxylic acids is 2. The summed E-state index contributed by atoms with van der Waals surface area (Å²) >= 11 is 0. The number of hydrogen-bond donors (Lipinski definition) is 1. The lowest BCUT2D eigenvalue weighted by atomic mass is 9.60. The topological polar surface area (TPSA) is 60.9 Å². The van der Waals surface area contributed by atoms with Gasteiger partial charge < -0.3 is 14.9 Å². The molecule has 2 heterocycles. The van der Waals surface area contributed by atoms with E-state index in [0.29, 0.717) is 18.7 Å². The SMILES string of the molecule is O=C(c1cccc(F)c1)N1CC2(C1)[C@@H](c1ccccc1)[C@H](CO)N2C(=O)C1CCCC1. The van der Waals surface area contributed by atoms with Crippen LogP contribution in [0.5, 0.6) is 0 Å². The van der Waals surface area contributed by atoms with Gasteiger partial charge in [-0.3, -0.25) is 9.59 Å². The molecule has 2 atom stereocenters. The zero-order valence-electron chi connectivity index (χ0n) is 17.4. The van der Waals surface area contributed by atoms with Crippen LogP contribution in [0.1, 0.15) is 47.5 Å². The monoisotopic (exact) mass is 422 g/mol. The van der Waals surface area contributed by atoms with Gasteiger partial charge in [0.15, 0.2) is 0 Å². The van der Waals surface area contributed by atoms with Crippen molar-refractivity contribution in [2.45, 2.75) is 43.2 Å². The minimum absolute atomic E-state index is 0.00983. The van der Waals surface area contributed by atoms with Crippen molar-refractivity contribution in [3.05, 3.63) is 71.5 Å². The molecule has 1 saturated carbocycles. The largest absolute Gasteiger partial charge is 0.394 e. The van der Waals surface area contributed by atoms with Crippen molar-refractivity contribution in [1.82, 2.24) is 9.80 Å². The van der Waals surface area contributed by atoms with Crippen LogP contribution in [0, 0.1) is 11.7 Å². The highest BCUT2D eigenvalue weighted by Gasteiger charge is 2.68. The molecule has 2 aliphatic heterocycles. The van der Waals surface area contributed by atoms with Gasteiger partial charge in [-0.1, -0.05) is 49.2 Å². The summed E-state index contributed by atoms with van der Waals surface area (Å²) < 4.78 is 13.6. The number of likely N-dealkylation sites (tertiary alicyclic amines) is 2. The predicted molar refractivity (Wildman–Crippen MR) is 114 cm³/mol. The highest BCUT2D eigenvalue weighted by Crippen LogP contribution is 2.55. The number of halogens is 1. The van der Waals surface area contributed by atoms with Gasteiger partial charge in [-0.2, -0.15) is 0 Å². The lowest BCUT2D eigenvalue weighted by Crippen LogP contribution is -2.86. The summed E-state index contributed by atoms with van der Waals surface area (Å²) in [5, 5.41) is 10.2. The molecule has 162 valence electrons. The third-order valence-electron chi connectivity index (χ3n) is 7.35. The van der Waals surface area contributed by atoms with E-state index in [1.165, 1.54) is 18.2 Å². The minimum Gasteiger partial charge on any atom is -0.394 e. The van der Waals surface area contributed by atoms with Gasteiger partial charge in [0.1, 0.15) is 5.82 Å². The molecule has 1 N–H and O–H groups in total. The minimum atomic E-state index is -0.503. The Kier molecular flexibility index (Phi) is 5.05. The molecule has 0 bridgehead atoms. The molecule has 0 radical (unpaired) electrons. The van der Waals surface area contributed by atoms with Crippen LogP contribution in [0.4, 0.5) is 4.39 Å². The van der Waals surface area contributed by atoms with Crippen LogP contribution in [0.2, 0.25) is 0 Å². The van der Waals surface area contributed by atoms with Crippen molar-refractivity contribution in [2.75, 3.05) is 19.7 Å². The first kappa shape index (κ1) is 20.2. The van der Waals surface area contributed by atoms with E-state index in [1.54, 1.807) is 11.0 Å². The summed E-state index contributed by atoms with van der Waals surface area (Å²) in [5.74, 6) is -0.569. The number of hydrogen-bond acceptors (Lipinski definition) is 3. The van der Waals surface area contributed by atoms with E-state index in [4.69, 9.17) is 0 Å². The van der Waals surface area contributed by atoms with E-state index in [-0.39, 0.29) is 36.3 Å².